The Bertz CT molecular complexity index is 607. The van der Waals surface area contributed by atoms with E-state index in [4.69, 9.17) is 12.2 Å². The van der Waals surface area contributed by atoms with Gasteiger partial charge in [-0.05, 0) is 36.8 Å². The van der Waals surface area contributed by atoms with Gasteiger partial charge in [-0.2, -0.15) is 0 Å². The van der Waals surface area contributed by atoms with E-state index in [1.54, 1.807) is 18.2 Å². The minimum atomic E-state index is 0.0305. The van der Waals surface area contributed by atoms with E-state index in [2.05, 4.69) is 0 Å². The zero-order valence-corrected chi connectivity index (χ0v) is 11.3. The summed E-state index contributed by atoms with van der Waals surface area (Å²) in [6.07, 6.45) is 3.32. The van der Waals surface area contributed by atoms with Gasteiger partial charge in [0.05, 0.1) is 5.56 Å². The molecule has 0 aromatic heterocycles. The summed E-state index contributed by atoms with van der Waals surface area (Å²) in [6, 6.07) is 12.5. The first-order chi connectivity index (χ1) is 9.08. The zero-order valence-electron chi connectivity index (χ0n) is 10.5. The molecule has 2 N–H and O–H groups in total. The number of phenols is 2. The Morgan fingerprint density at radius 3 is 2.16 bits per heavy atom. The molecule has 0 radical (unpaired) electrons. The lowest BCUT2D eigenvalue weighted by Gasteiger charge is -2.02. The molecule has 0 bridgehead atoms. The van der Waals surface area contributed by atoms with Crippen molar-refractivity contribution in [2.24, 2.45) is 0 Å². The highest BCUT2D eigenvalue weighted by molar-refractivity contribution is 7.81. The van der Waals surface area contributed by atoms with Crippen molar-refractivity contribution in [2.45, 2.75) is 6.92 Å². The lowest BCUT2D eigenvalue weighted by molar-refractivity contribution is 0.448. The number of aromatic hydroxyl groups is 2. The fourth-order valence-electron chi connectivity index (χ4n) is 1.69. The first-order valence-electron chi connectivity index (χ1n) is 5.88. The quantitative estimate of drug-likeness (QED) is 0.506. The number of hydrogen-bond acceptors (Lipinski definition) is 3. The fraction of sp³-hybridized carbons (Fsp3) is 0.0625. The van der Waals surface area contributed by atoms with E-state index in [9.17, 15) is 10.2 Å². The summed E-state index contributed by atoms with van der Waals surface area (Å²) in [5.41, 5.74) is 2.48. The molecule has 0 saturated carbocycles. The number of phenolic OH excluding ortho intramolecular Hbond substituents is 2. The molecular formula is C16H14O2S. The Kier molecular flexibility index (Phi) is 3.97. The van der Waals surface area contributed by atoms with Gasteiger partial charge in [0.1, 0.15) is 11.5 Å². The third-order valence-electron chi connectivity index (χ3n) is 2.80. The molecule has 0 fully saturated rings. The third kappa shape index (κ3) is 3.20. The van der Waals surface area contributed by atoms with Crippen molar-refractivity contribution in [3.05, 3.63) is 65.2 Å². The molecule has 2 aromatic carbocycles. The first-order valence-corrected chi connectivity index (χ1v) is 6.29. The van der Waals surface area contributed by atoms with E-state index >= 15 is 0 Å². The van der Waals surface area contributed by atoms with Crippen LogP contribution in [0.4, 0.5) is 0 Å². The molecule has 0 unspecified atom stereocenters. The molecule has 0 amide bonds. The summed E-state index contributed by atoms with van der Waals surface area (Å²) in [5.74, 6) is 0.0610. The topological polar surface area (TPSA) is 40.5 Å². The van der Waals surface area contributed by atoms with Crippen LogP contribution in [0, 0.1) is 6.92 Å². The molecular weight excluding hydrogens is 256 g/mol. The van der Waals surface area contributed by atoms with Gasteiger partial charge in [0.25, 0.3) is 0 Å². The van der Waals surface area contributed by atoms with Crippen LogP contribution in [-0.2, 0) is 0 Å². The van der Waals surface area contributed by atoms with Crippen molar-refractivity contribution in [3.63, 3.8) is 0 Å². The number of rotatable bonds is 3. The van der Waals surface area contributed by atoms with Gasteiger partial charge >= 0.3 is 0 Å². The van der Waals surface area contributed by atoms with E-state index in [1.807, 2.05) is 31.2 Å². The summed E-state index contributed by atoms with van der Waals surface area (Å²) >= 11 is 5.30. The van der Waals surface area contributed by atoms with Crippen LogP contribution >= 0.6 is 12.2 Å². The maximum Gasteiger partial charge on any atom is 0.126 e. The second-order valence-corrected chi connectivity index (χ2v) is 4.71. The van der Waals surface area contributed by atoms with Gasteiger partial charge in [0, 0.05) is 4.86 Å². The molecule has 0 spiro atoms. The fourth-order valence-corrected chi connectivity index (χ4v) is 1.89. The Morgan fingerprint density at radius 1 is 1.00 bits per heavy atom. The van der Waals surface area contributed by atoms with Crippen LogP contribution in [0.1, 0.15) is 16.7 Å². The molecule has 0 aliphatic heterocycles. The minimum Gasteiger partial charge on any atom is -0.507 e. The van der Waals surface area contributed by atoms with Gasteiger partial charge in [-0.1, -0.05) is 48.1 Å². The van der Waals surface area contributed by atoms with Gasteiger partial charge in [-0.25, -0.2) is 0 Å². The average molecular weight is 270 g/mol. The highest BCUT2D eigenvalue weighted by atomic mass is 32.1. The molecule has 0 atom stereocenters. The summed E-state index contributed by atoms with van der Waals surface area (Å²) in [4.78, 5) is 0.655. The lowest BCUT2D eigenvalue weighted by atomic mass is 10.1. The summed E-state index contributed by atoms with van der Waals surface area (Å²) in [5, 5.41) is 19.3. The minimum absolute atomic E-state index is 0.0305. The van der Waals surface area contributed by atoms with Gasteiger partial charge in [-0.3, -0.25) is 0 Å². The van der Waals surface area contributed by atoms with Crippen LogP contribution in [0.25, 0.3) is 6.08 Å². The zero-order chi connectivity index (χ0) is 13.8. The Balaban J connectivity index is 2.23. The van der Waals surface area contributed by atoms with Crippen LogP contribution in [0.5, 0.6) is 11.5 Å². The molecule has 0 aliphatic rings. The Morgan fingerprint density at radius 2 is 1.58 bits per heavy atom. The summed E-state index contributed by atoms with van der Waals surface area (Å²) in [6.45, 7) is 2.02. The van der Waals surface area contributed by atoms with Crippen molar-refractivity contribution in [1.82, 2.24) is 0 Å². The van der Waals surface area contributed by atoms with Crippen molar-refractivity contribution in [1.29, 1.82) is 0 Å². The smallest absolute Gasteiger partial charge is 0.126 e. The van der Waals surface area contributed by atoms with E-state index in [1.165, 1.54) is 17.7 Å². The van der Waals surface area contributed by atoms with Crippen LogP contribution in [0.15, 0.2) is 48.5 Å². The molecule has 2 nitrogen and oxygen atoms in total. The predicted octanol–water partition coefficient (Wildman–Crippen LogP) is 3.84. The number of allylic oxidation sites excluding steroid dienone is 1. The third-order valence-corrected chi connectivity index (χ3v) is 3.17. The molecule has 2 aromatic rings. The molecule has 19 heavy (non-hydrogen) atoms. The number of thiocarbonyl (C=S) groups is 1. The van der Waals surface area contributed by atoms with Crippen LogP contribution in [-0.4, -0.2) is 15.1 Å². The Labute approximate surface area is 117 Å². The van der Waals surface area contributed by atoms with Crippen LogP contribution in [0.2, 0.25) is 0 Å². The van der Waals surface area contributed by atoms with Gasteiger partial charge in [0.2, 0.25) is 0 Å². The van der Waals surface area contributed by atoms with Gasteiger partial charge in [0.15, 0.2) is 0 Å². The molecule has 96 valence electrons. The maximum atomic E-state index is 9.66. The lowest BCUT2D eigenvalue weighted by Crippen LogP contribution is -1.92. The number of benzene rings is 2. The normalized spacial score (nSPS) is 10.8. The summed E-state index contributed by atoms with van der Waals surface area (Å²) in [7, 11) is 0. The molecule has 0 saturated heterocycles. The van der Waals surface area contributed by atoms with E-state index in [0.29, 0.717) is 10.4 Å². The van der Waals surface area contributed by atoms with Crippen LogP contribution in [0.3, 0.4) is 0 Å². The second kappa shape index (κ2) is 5.67. The number of aryl methyl sites for hydroxylation is 1. The predicted molar refractivity (Wildman–Crippen MR) is 81.7 cm³/mol. The van der Waals surface area contributed by atoms with Crippen molar-refractivity contribution in [3.8, 4) is 11.5 Å². The van der Waals surface area contributed by atoms with E-state index in [0.717, 1.165) is 5.56 Å². The monoisotopic (exact) mass is 270 g/mol. The van der Waals surface area contributed by atoms with Crippen molar-refractivity contribution < 1.29 is 10.2 Å². The highest BCUT2D eigenvalue weighted by Gasteiger charge is 2.03. The van der Waals surface area contributed by atoms with E-state index in [-0.39, 0.29) is 11.5 Å². The maximum absolute atomic E-state index is 9.66. The highest BCUT2D eigenvalue weighted by Crippen LogP contribution is 2.27. The van der Waals surface area contributed by atoms with E-state index < -0.39 is 0 Å². The van der Waals surface area contributed by atoms with Crippen LogP contribution < -0.4 is 0 Å². The largest absolute Gasteiger partial charge is 0.507 e. The average Bonchev–Trinajstić information content (AvgIpc) is 2.38. The molecule has 2 rings (SSSR count). The van der Waals surface area contributed by atoms with Gasteiger partial charge in [-0.15, -0.1) is 0 Å². The van der Waals surface area contributed by atoms with Crippen molar-refractivity contribution in [2.75, 3.05) is 0 Å². The Hall–Kier alpha value is -2.13. The number of hydrogen-bond donors (Lipinski definition) is 2. The van der Waals surface area contributed by atoms with Crippen molar-refractivity contribution >= 4 is 23.2 Å². The second-order valence-electron chi connectivity index (χ2n) is 4.27. The summed E-state index contributed by atoms with van der Waals surface area (Å²) < 4.78 is 0. The standard InChI is InChI=1S/C16H14O2S/c1-11-5-7-12(8-6-11)16(19)10-9-13-14(17)3-2-4-15(13)18/h2-10,17-18H,1H3. The molecule has 0 aliphatic carbocycles. The van der Waals surface area contributed by atoms with Gasteiger partial charge < -0.3 is 10.2 Å². The molecule has 0 heterocycles. The SMILES string of the molecule is Cc1ccc(C(=S)C=Cc2c(O)cccc2O)cc1. The first kappa shape index (κ1) is 13.3. The molecule has 3 heteroatoms.